The molecule has 0 unspecified atom stereocenters. The Morgan fingerprint density at radius 1 is 1.29 bits per heavy atom. The SMILES string of the molecule is Cc1cccc2sc(C(C)(C)N)cc12. The fourth-order valence-electron chi connectivity index (χ4n) is 1.52. The Morgan fingerprint density at radius 3 is 2.57 bits per heavy atom. The first-order valence-corrected chi connectivity index (χ1v) is 5.58. The molecule has 0 atom stereocenters. The number of hydrogen-bond acceptors (Lipinski definition) is 2. The standard InChI is InChI=1S/C12H15NS/c1-8-5-4-6-10-9(8)7-11(14-10)12(2,3)13/h4-7H,13H2,1-3H3. The molecular weight excluding hydrogens is 190 g/mol. The molecule has 2 heteroatoms. The van der Waals surface area contributed by atoms with Crippen LogP contribution in [0.4, 0.5) is 0 Å². The summed E-state index contributed by atoms with van der Waals surface area (Å²) in [6.45, 7) is 6.24. The normalized spacial score (nSPS) is 12.3. The van der Waals surface area contributed by atoms with Crippen molar-refractivity contribution < 1.29 is 0 Å². The first-order chi connectivity index (χ1) is 6.48. The van der Waals surface area contributed by atoms with Gasteiger partial charge in [-0.1, -0.05) is 12.1 Å². The van der Waals surface area contributed by atoms with Gasteiger partial charge in [-0.15, -0.1) is 11.3 Å². The first-order valence-electron chi connectivity index (χ1n) is 4.77. The molecular formula is C12H15NS. The molecule has 0 saturated heterocycles. The number of thiophene rings is 1. The second kappa shape index (κ2) is 3.07. The van der Waals surface area contributed by atoms with E-state index in [-0.39, 0.29) is 5.54 Å². The molecule has 0 amide bonds. The second-order valence-corrected chi connectivity index (χ2v) is 5.40. The highest BCUT2D eigenvalue weighted by Gasteiger charge is 2.17. The van der Waals surface area contributed by atoms with Crippen LogP contribution in [0.15, 0.2) is 24.3 Å². The predicted molar refractivity (Wildman–Crippen MR) is 63.8 cm³/mol. The Labute approximate surface area is 88.6 Å². The molecule has 1 aromatic carbocycles. The van der Waals surface area contributed by atoms with Gasteiger partial charge in [0.2, 0.25) is 0 Å². The Balaban J connectivity index is 2.69. The molecule has 14 heavy (non-hydrogen) atoms. The number of rotatable bonds is 1. The molecule has 0 aliphatic rings. The van der Waals surface area contributed by atoms with Gasteiger partial charge in [0.25, 0.3) is 0 Å². The summed E-state index contributed by atoms with van der Waals surface area (Å²) >= 11 is 1.79. The van der Waals surface area contributed by atoms with E-state index in [1.54, 1.807) is 11.3 Å². The summed E-state index contributed by atoms with van der Waals surface area (Å²) in [6.07, 6.45) is 0. The van der Waals surface area contributed by atoms with Crippen LogP contribution in [0.5, 0.6) is 0 Å². The van der Waals surface area contributed by atoms with Gasteiger partial charge >= 0.3 is 0 Å². The molecule has 0 aliphatic carbocycles. The molecule has 2 aromatic rings. The maximum atomic E-state index is 6.08. The monoisotopic (exact) mass is 205 g/mol. The van der Waals surface area contributed by atoms with Crippen molar-refractivity contribution in [2.75, 3.05) is 0 Å². The van der Waals surface area contributed by atoms with Gasteiger partial charge in [0.15, 0.2) is 0 Å². The zero-order chi connectivity index (χ0) is 10.3. The Kier molecular flexibility index (Phi) is 2.13. The van der Waals surface area contributed by atoms with Gasteiger partial charge in [-0.25, -0.2) is 0 Å². The minimum atomic E-state index is -0.226. The van der Waals surface area contributed by atoms with Gasteiger partial charge in [0, 0.05) is 15.1 Å². The smallest absolute Gasteiger partial charge is 0.0447 e. The summed E-state index contributed by atoms with van der Waals surface area (Å²) in [6, 6.07) is 8.61. The lowest BCUT2D eigenvalue weighted by molar-refractivity contribution is 0.567. The van der Waals surface area contributed by atoms with Crippen LogP contribution in [0.1, 0.15) is 24.3 Å². The van der Waals surface area contributed by atoms with Gasteiger partial charge < -0.3 is 5.73 Å². The van der Waals surface area contributed by atoms with Crippen molar-refractivity contribution in [1.82, 2.24) is 0 Å². The van der Waals surface area contributed by atoms with Crippen molar-refractivity contribution in [2.24, 2.45) is 5.73 Å². The molecule has 0 bridgehead atoms. The molecule has 0 saturated carbocycles. The summed E-state index contributed by atoms with van der Waals surface area (Å²) in [5.41, 5.74) is 7.18. The number of aryl methyl sites for hydroxylation is 1. The zero-order valence-electron chi connectivity index (χ0n) is 8.79. The predicted octanol–water partition coefficient (Wildman–Crippen LogP) is 3.40. The highest BCUT2D eigenvalue weighted by Crippen LogP contribution is 2.33. The molecule has 1 heterocycles. The van der Waals surface area contributed by atoms with E-state index in [1.807, 2.05) is 13.8 Å². The lowest BCUT2D eigenvalue weighted by atomic mass is 10.0. The van der Waals surface area contributed by atoms with Crippen LogP contribution in [-0.2, 0) is 5.54 Å². The van der Waals surface area contributed by atoms with Crippen molar-refractivity contribution >= 4 is 21.4 Å². The van der Waals surface area contributed by atoms with Gasteiger partial charge in [-0.3, -0.25) is 0 Å². The van der Waals surface area contributed by atoms with Crippen LogP contribution in [0, 0.1) is 6.92 Å². The average molecular weight is 205 g/mol. The van der Waals surface area contributed by atoms with E-state index in [9.17, 15) is 0 Å². The first kappa shape index (κ1) is 9.69. The second-order valence-electron chi connectivity index (χ2n) is 4.32. The quantitative estimate of drug-likeness (QED) is 0.758. The summed E-state index contributed by atoms with van der Waals surface area (Å²) in [4.78, 5) is 1.25. The lowest BCUT2D eigenvalue weighted by Crippen LogP contribution is -2.27. The van der Waals surface area contributed by atoms with Gasteiger partial charge in [-0.05, 0) is 43.9 Å². The Bertz CT molecular complexity index is 463. The molecule has 2 rings (SSSR count). The van der Waals surface area contributed by atoms with Gasteiger partial charge in [0.1, 0.15) is 0 Å². The minimum Gasteiger partial charge on any atom is -0.321 e. The average Bonchev–Trinajstić information content (AvgIpc) is 2.48. The molecule has 2 N–H and O–H groups in total. The van der Waals surface area contributed by atoms with E-state index in [1.165, 1.54) is 20.5 Å². The van der Waals surface area contributed by atoms with Crippen LogP contribution >= 0.6 is 11.3 Å². The molecule has 0 aliphatic heterocycles. The number of hydrogen-bond donors (Lipinski definition) is 1. The van der Waals surface area contributed by atoms with Crippen molar-refractivity contribution in [3.8, 4) is 0 Å². The molecule has 0 spiro atoms. The summed E-state index contributed by atoms with van der Waals surface area (Å²) in [7, 11) is 0. The van der Waals surface area contributed by atoms with Gasteiger partial charge in [-0.2, -0.15) is 0 Å². The van der Waals surface area contributed by atoms with Crippen LogP contribution in [0.25, 0.3) is 10.1 Å². The molecule has 1 aromatic heterocycles. The number of benzene rings is 1. The Hall–Kier alpha value is -0.860. The van der Waals surface area contributed by atoms with E-state index in [0.29, 0.717) is 0 Å². The maximum absolute atomic E-state index is 6.08. The molecule has 74 valence electrons. The van der Waals surface area contributed by atoms with E-state index in [0.717, 1.165) is 0 Å². The molecule has 1 nitrogen and oxygen atoms in total. The van der Waals surface area contributed by atoms with E-state index < -0.39 is 0 Å². The van der Waals surface area contributed by atoms with E-state index in [2.05, 4.69) is 31.2 Å². The zero-order valence-corrected chi connectivity index (χ0v) is 9.61. The third-order valence-electron chi connectivity index (χ3n) is 2.41. The fraction of sp³-hybridized carbons (Fsp3) is 0.333. The van der Waals surface area contributed by atoms with Crippen molar-refractivity contribution in [2.45, 2.75) is 26.3 Å². The molecule has 0 fully saturated rings. The largest absolute Gasteiger partial charge is 0.321 e. The summed E-state index contributed by atoms with van der Waals surface area (Å²) < 4.78 is 1.33. The fourth-order valence-corrected chi connectivity index (χ4v) is 2.68. The van der Waals surface area contributed by atoms with Crippen LogP contribution < -0.4 is 5.73 Å². The third-order valence-corrected chi connectivity index (χ3v) is 3.85. The van der Waals surface area contributed by atoms with E-state index >= 15 is 0 Å². The summed E-state index contributed by atoms with van der Waals surface area (Å²) in [5, 5.41) is 1.34. The third kappa shape index (κ3) is 1.56. The highest BCUT2D eigenvalue weighted by atomic mass is 32.1. The minimum absolute atomic E-state index is 0.226. The van der Waals surface area contributed by atoms with E-state index in [4.69, 9.17) is 5.73 Å². The molecule has 0 radical (unpaired) electrons. The van der Waals surface area contributed by atoms with Crippen LogP contribution in [-0.4, -0.2) is 0 Å². The topological polar surface area (TPSA) is 26.0 Å². The number of nitrogens with two attached hydrogens (primary N) is 1. The van der Waals surface area contributed by atoms with Crippen molar-refractivity contribution in [3.63, 3.8) is 0 Å². The van der Waals surface area contributed by atoms with Gasteiger partial charge in [0.05, 0.1) is 0 Å². The summed E-state index contributed by atoms with van der Waals surface area (Å²) in [5.74, 6) is 0. The van der Waals surface area contributed by atoms with Crippen LogP contribution in [0.3, 0.4) is 0 Å². The maximum Gasteiger partial charge on any atom is 0.0447 e. The highest BCUT2D eigenvalue weighted by molar-refractivity contribution is 7.19. The lowest BCUT2D eigenvalue weighted by Gasteiger charge is -2.15. The van der Waals surface area contributed by atoms with Crippen molar-refractivity contribution in [1.29, 1.82) is 0 Å². The Morgan fingerprint density at radius 2 is 2.00 bits per heavy atom. The van der Waals surface area contributed by atoms with Crippen molar-refractivity contribution in [3.05, 3.63) is 34.7 Å². The number of fused-ring (bicyclic) bond motifs is 1. The van der Waals surface area contributed by atoms with Crippen LogP contribution in [0.2, 0.25) is 0 Å².